The Labute approximate surface area is 261 Å². The molecule has 0 aliphatic carbocycles. The van der Waals surface area contributed by atoms with Crippen LogP contribution >= 0.6 is 0 Å². The van der Waals surface area contributed by atoms with E-state index in [0.717, 1.165) is 78.2 Å². The number of benzene rings is 2. The minimum atomic E-state index is 0.776. The first-order valence-corrected chi connectivity index (χ1v) is 14.9. The van der Waals surface area contributed by atoms with Crippen molar-refractivity contribution in [2.75, 3.05) is 0 Å². The molecule has 6 heterocycles. The van der Waals surface area contributed by atoms with Gasteiger partial charge in [0.2, 0.25) is 0 Å². The number of aryl methyl sites for hydroxylation is 1. The molecule has 0 radical (unpaired) electrons. The third-order valence-electron chi connectivity index (χ3n) is 7.97. The Bertz CT molecular complexity index is 2250. The molecule has 8 bridgehead atoms. The van der Waals surface area contributed by atoms with Crippen molar-refractivity contribution in [1.82, 2.24) is 19.9 Å². The molecule has 2 N–H and O–H groups in total. The van der Waals surface area contributed by atoms with Crippen LogP contribution in [0.2, 0.25) is 0 Å². The van der Waals surface area contributed by atoms with Crippen LogP contribution in [0.3, 0.4) is 0 Å². The maximum Gasteiger partial charge on any atom is 0.184 e. The lowest BCUT2D eigenvalue weighted by atomic mass is 10.0. The number of H-pyrrole nitrogens is 2. The zero-order valence-corrected chi connectivity index (χ0v) is 24.6. The Morgan fingerprint density at radius 1 is 0.556 bits per heavy atom. The van der Waals surface area contributed by atoms with E-state index in [4.69, 9.17) is 9.97 Å². The van der Waals surface area contributed by atoms with Gasteiger partial charge in [0.15, 0.2) is 12.4 Å². The van der Waals surface area contributed by atoms with Crippen LogP contribution in [0.1, 0.15) is 33.9 Å². The molecular weight excluding hydrogens is 550 g/mol. The molecule has 0 amide bonds. The van der Waals surface area contributed by atoms with Crippen LogP contribution in [0.15, 0.2) is 116 Å². The molecule has 4 aromatic heterocycles. The molecule has 0 spiro atoms. The summed E-state index contributed by atoms with van der Waals surface area (Å²) in [5, 5.41) is 0. The number of hydrogen-bond acceptors (Lipinski definition) is 2. The van der Waals surface area contributed by atoms with Gasteiger partial charge in [-0.25, -0.2) is 14.5 Å². The minimum Gasteiger partial charge on any atom is -0.355 e. The predicted octanol–water partition coefficient (Wildman–Crippen LogP) is 8.21. The van der Waals surface area contributed by atoms with E-state index in [0.29, 0.717) is 0 Å². The number of rotatable bonds is 2. The molecule has 2 aromatic carbocycles. The summed E-state index contributed by atoms with van der Waals surface area (Å²) < 4.78 is 2.00. The van der Waals surface area contributed by atoms with E-state index >= 15 is 0 Å². The fraction of sp³-hybridized carbons (Fsp3) is 0.0250. The van der Waals surface area contributed by atoms with Crippen LogP contribution in [0, 0.1) is 11.8 Å². The molecule has 0 atom stereocenters. The average Bonchev–Trinajstić information content (AvgIpc) is 3.89. The van der Waals surface area contributed by atoms with Crippen molar-refractivity contribution >= 4 is 46.4 Å². The van der Waals surface area contributed by atoms with Crippen molar-refractivity contribution in [3.63, 3.8) is 0 Å². The lowest BCUT2D eigenvalue weighted by Crippen LogP contribution is -2.26. The average molecular weight is 579 g/mol. The summed E-state index contributed by atoms with van der Waals surface area (Å²) in [4.78, 5) is 17.7. The highest BCUT2D eigenvalue weighted by atomic mass is 14.9. The number of nitrogens with zero attached hydrogens (tertiary/aromatic N) is 3. The number of aromatic nitrogens is 5. The van der Waals surface area contributed by atoms with E-state index < -0.39 is 0 Å². The van der Waals surface area contributed by atoms with Crippen molar-refractivity contribution in [3.8, 4) is 34.1 Å². The van der Waals surface area contributed by atoms with Crippen LogP contribution in [0.4, 0.5) is 0 Å². The molecule has 212 valence electrons. The van der Waals surface area contributed by atoms with E-state index in [1.807, 2.05) is 60.4 Å². The molecule has 5 heteroatoms. The normalized spacial score (nSPS) is 11.8. The largest absolute Gasteiger partial charge is 0.355 e. The van der Waals surface area contributed by atoms with Crippen LogP contribution in [0.5, 0.6) is 0 Å². The first-order valence-electron chi connectivity index (χ1n) is 14.9. The Morgan fingerprint density at radius 3 is 1.62 bits per heavy atom. The molecule has 0 unspecified atom stereocenters. The second-order valence-corrected chi connectivity index (χ2v) is 11.1. The Kier molecular flexibility index (Phi) is 6.51. The van der Waals surface area contributed by atoms with Gasteiger partial charge in [-0.05, 0) is 71.8 Å². The van der Waals surface area contributed by atoms with Gasteiger partial charge in [-0.2, -0.15) is 0 Å². The van der Waals surface area contributed by atoms with E-state index in [2.05, 4.69) is 113 Å². The molecule has 8 rings (SSSR count). The van der Waals surface area contributed by atoms with Gasteiger partial charge in [0.1, 0.15) is 7.05 Å². The first-order chi connectivity index (χ1) is 22.2. The smallest absolute Gasteiger partial charge is 0.184 e. The second-order valence-electron chi connectivity index (χ2n) is 11.1. The van der Waals surface area contributed by atoms with Crippen molar-refractivity contribution < 1.29 is 4.57 Å². The molecule has 5 nitrogen and oxygen atoms in total. The lowest BCUT2D eigenvalue weighted by Gasteiger charge is -2.04. The first kappa shape index (κ1) is 26.4. The zero-order chi connectivity index (χ0) is 30.2. The van der Waals surface area contributed by atoms with Crippen LogP contribution < -0.4 is 4.57 Å². The van der Waals surface area contributed by atoms with Gasteiger partial charge >= 0.3 is 0 Å². The Balaban J connectivity index is 1.50. The molecular formula is C40H28N5+. The van der Waals surface area contributed by atoms with Crippen LogP contribution in [-0.2, 0) is 7.05 Å². The molecule has 6 aromatic rings. The summed E-state index contributed by atoms with van der Waals surface area (Å²) in [6.07, 6.45) is 12.3. The fourth-order valence-electron chi connectivity index (χ4n) is 5.88. The molecule has 0 saturated carbocycles. The minimum absolute atomic E-state index is 0.776. The monoisotopic (exact) mass is 578 g/mol. The number of nitrogens with one attached hydrogen (secondary N) is 2. The van der Waals surface area contributed by atoms with Gasteiger partial charge in [0, 0.05) is 39.3 Å². The summed E-state index contributed by atoms with van der Waals surface area (Å²) >= 11 is 0. The van der Waals surface area contributed by atoms with Crippen molar-refractivity contribution in [2.45, 2.75) is 0 Å². The SMILES string of the molecule is C[n+]1cccc(C#Cc2c3nc(c(-c4ccccc4)c4ccc(cc5ccc([nH]5)c(-c5ccccc5)c5nc2C=C5)[nH]4)C=C3)c1. The topological polar surface area (TPSA) is 61.2 Å². The molecule has 0 fully saturated rings. The van der Waals surface area contributed by atoms with Crippen molar-refractivity contribution in [1.29, 1.82) is 0 Å². The summed E-state index contributed by atoms with van der Waals surface area (Å²) in [6.45, 7) is 0. The highest BCUT2D eigenvalue weighted by Gasteiger charge is 2.16. The molecule has 0 saturated heterocycles. The summed E-state index contributed by atoms with van der Waals surface area (Å²) in [7, 11) is 2.00. The van der Waals surface area contributed by atoms with Gasteiger partial charge < -0.3 is 9.97 Å². The Hall–Kier alpha value is -6.25. The van der Waals surface area contributed by atoms with E-state index in [-0.39, 0.29) is 0 Å². The van der Waals surface area contributed by atoms with E-state index in [9.17, 15) is 0 Å². The summed E-state index contributed by atoms with van der Waals surface area (Å²) in [5.74, 6) is 6.83. The quantitative estimate of drug-likeness (QED) is 0.160. The third kappa shape index (κ3) is 5.15. The highest BCUT2D eigenvalue weighted by Crippen LogP contribution is 2.33. The van der Waals surface area contributed by atoms with Crippen LogP contribution in [0.25, 0.3) is 68.6 Å². The zero-order valence-electron chi connectivity index (χ0n) is 24.6. The summed E-state index contributed by atoms with van der Waals surface area (Å²) in [6, 6.07) is 35.4. The standard InChI is InChI=1S/C40H28N5/c1-45-24-8-9-27(26-45)14-17-32-33-20-22-37(43-33)39(28-10-4-2-5-11-28)35-18-15-30(41-35)25-31-16-19-36(42-31)40(29-12-6-3-7-13-29)38-23-21-34(32)44-38/h2-13,15-16,18-26,41-42H,1H3/q+1. The van der Waals surface area contributed by atoms with Gasteiger partial charge in [0.05, 0.1) is 33.9 Å². The van der Waals surface area contributed by atoms with Crippen molar-refractivity contribution in [3.05, 3.63) is 149 Å². The lowest BCUT2D eigenvalue weighted by molar-refractivity contribution is -0.671. The maximum atomic E-state index is 5.20. The van der Waals surface area contributed by atoms with Crippen molar-refractivity contribution in [2.24, 2.45) is 7.05 Å². The summed E-state index contributed by atoms with van der Waals surface area (Å²) in [5.41, 5.74) is 13.2. The molecule has 45 heavy (non-hydrogen) atoms. The fourth-order valence-corrected chi connectivity index (χ4v) is 5.88. The maximum absolute atomic E-state index is 5.20. The van der Waals surface area contributed by atoms with E-state index in [1.165, 1.54) is 0 Å². The van der Waals surface area contributed by atoms with Gasteiger partial charge in [-0.3, -0.25) is 0 Å². The van der Waals surface area contributed by atoms with Gasteiger partial charge in [-0.1, -0.05) is 72.5 Å². The molecule has 2 aliphatic rings. The number of aromatic amines is 2. The number of fused-ring (bicyclic) bond motifs is 8. The molecule has 2 aliphatic heterocycles. The number of hydrogen-bond donors (Lipinski definition) is 2. The third-order valence-corrected chi connectivity index (χ3v) is 7.97. The number of pyridine rings is 1. The Morgan fingerprint density at radius 2 is 1.09 bits per heavy atom. The van der Waals surface area contributed by atoms with E-state index in [1.54, 1.807) is 0 Å². The highest BCUT2D eigenvalue weighted by molar-refractivity contribution is 5.94. The second kappa shape index (κ2) is 11.1. The van der Waals surface area contributed by atoms with Crippen LogP contribution in [-0.4, -0.2) is 19.9 Å². The van der Waals surface area contributed by atoms with Gasteiger partial charge in [-0.15, -0.1) is 0 Å². The predicted molar refractivity (Wildman–Crippen MR) is 183 cm³/mol. The van der Waals surface area contributed by atoms with Gasteiger partial charge in [0.25, 0.3) is 0 Å².